The summed E-state index contributed by atoms with van der Waals surface area (Å²) in [6, 6.07) is 1.01. The molecule has 0 unspecified atom stereocenters. The molecule has 15 heavy (non-hydrogen) atoms. The van der Waals surface area contributed by atoms with Crippen LogP contribution >= 0.6 is 0 Å². The van der Waals surface area contributed by atoms with Gasteiger partial charge in [0, 0.05) is 0 Å². The van der Waals surface area contributed by atoms with E-state index in [2.05, 4.69) is 4.42 Å². The summed E-state index contributed by atoms with van der Waals surface area (Å²) in [5.41, 5.74) is 0.303. The van der Waals surface area contributed by atoms with E-state index in [1.165, 1.54) is 0 Å². The van der Waals surface area contributed by atoms with E-state index in [1.54, 1.807) is 5.32 Å². The van der Waals surface area contributed by atoms with E-state index in [-0.39, 0.29) is 17.9 Å². The maximum atomic E-state index is 12.1. The van der Waals surface area contributed by atoms with Crippen LogP contribution in [0.1, 0.15) is 26.5 Å². The van der Waals surface area contributed by atoms with Crippen molar-refractivity contribution in [1.29, 1.82) is 0 Å². The normalized spacial score (nSPS) is 12.4. The molecule has 6 heteroatoms. The van der Waals surface area contributed by atoms with Crippen LogP contribution in [0.15, 0.2) is 16.7 Å². The molecule has 0 atom stereocenters. The molecule has 1 heterocycles. The Bertz CT molecular complexity index is 314. The lowest BCUT2D eigenvalue weighted by Crippen LogP contribution is -3.00. The molecule has 0 fully saturated rings. The molecule has 0 saturated carbocycles. The Kier molecular flexibility index (Phi) is 4.25. The molecule has 2 N–H and O–H groups in total. The van der Waals surface area contributed by atoms with Crippen molar-refractivity contribution >= 4 is 5.69 Å². The number of alkyl halides is 3. The Balaban J connectivity index is 0.00000196. The Morgan fingerprint density at radius 1 is 1.20 bits per heavy atom. The topological polar surface area (TPSA) is 29.8 Å². The second kappa shape index (κ2) is 4.45. The zero-order valence-electron chi connectivity index (χ0n) is 8.65. The first-order chi connectivity index (χ1) is 6.18. The summed E-state index contributed by atoms with van der Waals surface area (Å²) in [5.74, 6) is -0.951. The van der Waals surface area contributed by atoms with Crippen molar-refractivity contribution in [2.24, 2.45) is 0 Å². The lowest BCUT2D eigenvalue weighted by molar-refractivity contribution is -0.642. The molecule has 0 aliphatic heterocycles. The van der Waals surface area contributed by atoms with Gasteiger partial charge < -0.3 is 22.1 Å². The van der Waals surface area contributed by atoms with Crippen LogP contribution in [0.4, 0.5) is 18.9 Å². The van der Waals surface area contributed by atoms with Crippen LogP contribution in [0.3, 0.4) is 0 Å². The SMILES string of the molecule is CC(C)(C)[NH2+]c1coc(C(F)(F)F)c1.[Cl-]. The summed E-state index contributed by atoms with van der Waals surface area (Å²) in [5, 5.41) is 1.73. The van der Waals surface area contributed by atoms with Crippen molar-refractivity contribution in [3.8, 4) is 0 Å². The van der Waals surface area contributed by atoms with Crippen molar-refractivity contribution < 1.29 is 35.3 Å². The molecule has 0 saturated heterocycles. The van der Waals surface area contributed by atoms with Gasteiger partial charge in [0.2, 0.25) is 5.76 Å². The van der Waals surface area contributed by atoms with Gasteiger partial charge in [-0.25, -0.2) is 0 Å². The van der Waals surface area contributed by atoms with Gasteiger partial charge in [-0.05, 0) is 20.8 Å². The van der Waals surface area contributed by atoms with Crippen LogP contribution in [0.25, 0.3) is 0 Å². The molecule has 1 aromatic heterocycles. The summed E-state index contributed by atoms with van der Waals surface area (Å²) < 4.78 is 40.8. The van der Waals surface area contributed by atoms with Crippen LogP contribution in [-0.4, -0.2) is 5.54 Å². The zero-order chi connectivity index (χ0) is 11.0. The van der Waals surface area contributed by atoms with Crippen LogP contribution < -0.4 is 17.7 Å². The maximum absolute atomic E-state index is 12.1. The van der Waals surface area contributed by atoms with Crippen molar-refractivity contribution in [1.82, 2.24) is 0 Å². The number of hydrogen-bond acceptors (Lipinski definition) is 1. The average molecular weight is 244 g/mol. The Labute approximate surface area is 92.3 Å². The van der Waals surface area contributed by atoms with Gasteiger partial charge in [0.15, 0.2) is 12.0 Å². The van der Waals surface area contributed by atoms with Crippen LogP contribution in [0.2, 0.25) is 0 Å². The predicted molar refractivity (Wildman–Crippen MR) is 45.0 cm³/mol. The van der Waals surface area contributed by atoms with Crippen molar-refractivity contribution in [3.63, 3.8) is 0 Å². The third-order valence-corrected chi connectivity index (χ3v) is 1.50. The zero-order valence-corrected chi connectivity index (χ0v) is 9.41. The number of furan rings is 1. The number of halogens is 4. The molecule has 0 amide bonds. The van der Waals surface area contributed by atoms with Gasteiger partial charge in [0.1, 0.15) is 0 Å². The minimum atomic E-state index is -4.40. The number of nitrogens with two attached hydrogens (primary N) is 1. The fourth-order valence-corrected chi connectivity index (χ4v) is 1.08. The Hall–Kier alpha value is -0.680. The highest BCUT2D eigenvalue weighted by Crippen LogP contribution is 2.30. The summed E-state index contributed by atoms with van der Waals surface area (Å²) in [6.07, 6.45) is -3.28. The minimum Gasteiger partial charge on any atom is -1.00 e. The van der Waals surface area contributed by atoms with E-state index in [4.69, 9.17) is 0 Å². The quantitative estimate of drug-likeness (QED) is 0.694. The number of rotatable bonds is 1. The van der Waals surface area contributed by atoms with Gasteiger partial charge >= 0.3 is 6.18 Å². The van der Waals surface area contributed by atoms with E-state index >= 15 is 0 Å². The van der Waals surface area contributed by atoms with E-state index in [0.29, 0.717) is 5.69 Å². The van der Waals surface area contributed by atoms with Gasteiger partial charge in [0.25, 0.3) is 0 Å². The molecule has 1 aromatic rings. The average Bonchev–Trinajstić information content (AvgIpc) is 2.29. The monoisotopic (exact) mass is 243 g/mol. The molecule has 0 bridgehead atoms. The second-order valence-electron chi connectivity index (χ2n) is 4.25. The lowest BCUT2D eigenvalue weighted by atomic mass is 10.1. The standard InChI is InChI=1S/C9H12F3NO.ClH/c1-8(2,3)13-6-4-7(14-5-6)9(10,11)12;/h4-5,13H,1-3H3;1H. The molecule has 0 radical (unpaired) electrons. The smallest absolute Gasteiger partial charge is 0.449 e. The Morgan fingerprint density at radius 2 is 1.73 bits per heavy atom. The summed E-state index contributed by atoms with van der Waals surface area (Å²) in [7, 11) is 0. The summed E-state index contributed by atoms with van der Waals surface area (Å²) in [4.78, 5) is 0. The van der Waals surface area contributed by atoms with Crippen molar-refractivity contribution in [3.05, 3.63) is 18.1 Å². The highest BCUT2D eigenvalue weighted by molar-refractivity contribution is 5.27. The fourth-order valence-electron chi connectivity index (χ4n) is 1.08. The lowest BCUT2D eigenvalue weighted by Gasteiger charge is -2.14. The Morgan fingerprint density at radius 3 is 2.07 bits per heavy atom. The second-order valence-corrected chi connectivity index (χ2v) is 4.25. The van der Waals surface area contributed by atoms with Crippen LogP contribution in [0.5, 0.6) is 0 Å². The van der Waals surface area contributed by atoms with Gasteiger partial charge in [-0.1, -0.05) is 0 Å². The fraction of sp³-hybridized carbons (Fsp3) is 0.556. The highest BCUT2D eigenvalue weighted by Gasteiger charge is 2.35. The molecule has 0 aromatic carbocycles. The van der Waals surface area contributed by atoms with Gasteiger partial charge in [0.05, 0.1) is 11.6 Å². The summed E-state index contributed by atoms with van der Waals surface area (Å²) in [6.45, 7) is 5.73. The molecule has 1 rings (SSSR count). The summed E-state index contributed by atoms with van der Waals surface area (Å²) >= 11 is 0. The molecule has 0 aliphatic rings. The van der Waals surface area contributed by atoms with E-state index in [1.807, 2.05) is 20.8 Å². The minimum absolute atomic E-state index is 0. The molecular formula is C9H13ClF3NO. The molecule has 2 nitrogen and oxygen atoms in total. The van der Waals surface area contributed by atoms with Crippen molar-refractivity contribution in [2.75, 3.05) is 0 Å². The largest absolute Gasteiger partial charge is 1.00 e. The van der Waals surface area contributed by atoms with E-state index in [0.717, 1.165) is 12.3 Å². The molecular weight excluding hydrogens is 231 g/mol. The third-order valence-electron chi connectivity index (χ3n) is 1.50. The third kappa shape index (κ3) is 4.57. The molecule has 88 valence electrons. The van der Waals surface area contributed by atoms with Gasteiger partial charge in [-0.15, -0.1) is 0 Å². The number of quaternary nitrogens is 1. The highest BCUT2D eigenvalue weighted by atomic mass is 35.5. The van der Waals surface area contributed by atoms with E-state index in [9.17, 15) is 13.2 Å². The van der Waals surface area contributed by atoms with Crippen LogP contribution in [0, 0.1) is 0 Å². The van der Waals surface area contributed by atoms with Crippen LogP contribution in [-0.2, 0) is 6.18 Å². The molecule has 0 aliphatic carbocycles. The maximum Gasteiger partial charge on any atom is 0.449 e. The first-order valence-electron chi connectivity index (χ1n) is 4.20. The first kappa shape index (κ1) is 14.3. The van der Waals surface area contributed by atoms with E-state index < -0.39 is 11.9 Å². The van der Waals surface area contributed by atoms with Crippen molar-refractivity contribution in [2.45, 2.75) is 32.5 Å². The van der Waals surface area contributed by atoms with Gasteiger partial charge in [-0.3, -0.25) is 0 Å². The predicted octanol–water partition coefficient (Wildman–Crippen LogP) is -0.704. The first-order valence-corrected chi connectivity index (χ1v) is 4.20. The number of hydrogen-bond donors (Lipinski definition) is 1. The molecule has 0 spiro atoms. The van der Waals surface area contributed by atoms with Gasteiger partial charge in [-0.2, -0.15) is 13.2 Å².